The summed E-state index contributed by atoms with van der Waals surface area (Å²) in [6.45, 7) is 0.0783. The first-order chi connectivity index (χ1) is 12.5. The van der Waals surface area contributed by atoms with Crippen molar-refractivity contribution in [3.05, 3.63) is 69.2 Å². The highest BCUT2D eigenvalue weighted by Crippen LogP contribution is 2.23. The first-order valence-corrected chi connectivity index (χ1v) is 9.25. The Balaban J connectivity index is 1.47. The Bertz CT molecular complexity index is 915. The minimum absolute atomic E-state index is 0.134. The number of amides is 2. The van der Waals surface area contributed by atoms with Crippen LogP contribution in [0.2, 0.25) is 0 Å². The molecule has 0 radical (unpaired) electrons. The van der Waals surface area contributed by atoms with E-state index in [2.05, 4.69) is 42.5 Å². The van der Waals surface area contributed by atoms with Gasteiger partial charge in [-0.25, -0.2) is 0 Å². The molecule has 2 N–H and O–H groups in total. The highest BCUT2D eigenvalue weighted by molar-refractivity contribution is 9.10. The van der Waals surface area contributed by atoms with Gasteiger partial charge in [0.25, 0.3) is 5.91 Å². The summed E-state index contributed by atoms with van der Waals surface area (Å²) in [6.07, 6.45) is 0. The van der Waals surface area contributed by atoms with Gasteiger partial charge in [0.05, 0.1) is 13.1 Å². The molecule has 134 valence electrons. The number of rotatable bonds is 6. The second-order valence-corrected chi connectivity index (χ2v) is 7.03. The molecule has 0 spiro atoms. The Kier molecular flexibility index (Phi) is 5.95. The fraction of sp³-hybridized carbons (Fsp3) is 0.111. The third-order valence-corrected chi connectivity index (χ3v) is 4.41. The Morgan fingerprint density at radius 1 is 0.885 bits per heavy atom. The molecule has 0 aliphatic heterocycles. The van der Waals surface area contributed by atoms with Crippen molar-refractivity contribution in [1.82, 2.24) is 10.6 Å². The molecule has 2 amide bonds. The highest BCUT2D eigenvalue weighted by Gasteiger charge is 2.12. The predicted octanol–water partition coefficient (Wildman–Crippen LogP) is 4.11. The number of carbonyl (C=O) groups is 2. The largest absolute Gasteiger partial charge is 0.459 e. The van der Waals surface area contributed by atoms with Crippen LogP contribution in [0.1, 0.15) is 16.3 Å². The topological polar surface area (TPSA) is 84.5 Å². The second-order valence-electron chi connectivity index (χ2n) is 5.34. The van der Waals surface area contributed by atoms with Crippen molar-refractivity contribution in [1.29, 1.82) is 0 Å². The molecular formula is C18H14Br2N2O4. The summed E-state index contributed by atoms with van der Waals surface area (Å²) in [7, 11) is 0. The number of hydrogen-bond donors (Lipinski definition) is 2. The van der Waals surface area contributed by atoms with Gasteiger partial charge in [0.2, 0.25) is 5.91 Å². The van der Waals surface area contributed by atoms with Crippen LogP contribution in [0.15, 0.2) is 66.5 Å². The van der Waals surface area contributed by atoms with Crippen LogP contribution in [0.3, 0.4) is 0 Å². The lowest BCUT2D eigenvalue weighted by Gasteiger charge is -2.04. The molecule has 0 saturated heterocycles. The Labute approximate surface area is 166 Å². The number of nitrogens with one attached hydrogen (secondary N) is 2. The Morgan fingerprint density at radius 3 is 2.35 bits per heavy atom. The zero-order valence-corrected chi connectivity index (χ0v) is 16.6. The van der Waals surface area contributed by atoms with Gasteiger partial charge in [-0.05, 0) is 52.3 Å². The van der Waals surface area contributed by atoms with Crippen molar-refractivity contribution in [2.75, 3.05) is 6.54 Å². The molecular weight excluding hydrogens is 468 g/mol. The molecule has 26 heavy (non-hydrogen) atoms. The van der Waals surface area contributed by atoms with Crippen LogP contribution in [0.5, 0.6) is 0 Å². The monoisotopic (exact) mass is 480 g/mol. The normalized spacial score (nSPS) is 10.5. The Morgan fingerprint density at radius 2 is 1.65 bits per heavy atom. The molecule has 3 aromatic rings. The lowest BCUT2D eigenvalue weighted by Crippen LogP contribution is -2.36. The smallest absolute Gasteiger partial charge is 0.287 e. The van der Waals surface area contributed by atoms with Crippen LogP contribution >= 0.6 is 31.9 Å². The van der Waals surface area contributed by atoms with Crippen molar-refractivity contribution in [2.24, 2.45) is 0 Å². The van der Waals surface area contributed by atoms with Crippen molar-refractivity contribution in [3.8, 4) is 11.3 Å². The van der Waals surface area contributed by atoms with E-state index in [4.69, 9.17) is 8.83 Å². The lowest BCUT2D eigenvalue weighted by molar-refractivity contribution is -0.120. The van der Waals surface area contributed by atoms with Gasteiger partial charge in [-0.2, -0.15) is 0 Å². The predicted molar refractivity (Wildman–Crippen MR) is 102 cm³/mol. The van der Waals surface area contributed by atoms with E-state index in [0.29, 0.717) is 10.4 Å². The van der Waals surface area contributed by atoms with Crippen LogP contribution in [0.25, 0.3) is 11.3 Å². The minimum atomic E-state index is -0.457. The van der Waals surface area contributed by atoms with Gasteiger partial charge >= 0.3 is 0 Å². The van der Waals surface area contributed by atoms with Crippen LogP contribution in [0, 0.1) is 0 Å². The maximum atomic E-state index is 11.9. The quantitative estimate of drug-likeness (QED) is 0.554. The molecule has 2 heterocycles. The Hall–Kier alpha value is -2.32. The summed E-state index contributed by atoms with van der Waals surface area (Å²) in [6, 6.07) is 14.5. The van der Waals surface area contributed by atoms with Crippen LogP contribution < -0.4 is 10.6 Å². The van der Waals surface area contributed by atoms with Crippen LogP contribution in [-0.2, 0) is 11.3 Å². The van der Waals surface area contributed by atoms with Gasteiger partial charge in [0, 0.05) is 10.0 Å². The zero-order valence-electron chi connectivity index (χ0n) is 13.4. The summed E-state index contributed by atoms with van der Waals surface area (Å²) < 4.78 is 12.3. The van der Waals surface area contributed by atoms with E-state index in [1.54, 1.807) is 12.1 Å². The average Bonchev–Trinajstić information content (AvgIpc) is 3.27. The summed E-state index contributed by atoms with van der Waals surface area (Å²) in [5, 5.41) is 5.17. The molecule has 8 heteroatoms. The highest BCUT2D eigenvalue weighted by atomic mass is 79.9. The van der Waals surface area contributed by atoms with Gasteiger partial charge in [-0.3, -0.25) is 9.59 Å². The van der Waals surface area contributed by atoms with Crippen molar-refractivity contribution in [2.45, 2.75) is 6.54 Å². The third kappa shape index (κ3) is 4.86. The molecule has 0 unspecified atom stereocenters. The van der Waals surface area contributed by atoms with Gasteiger partial charge in [0.1, 0.15) is 11.5 Å². The maximum Gasteiger partial charge on any atom is 0.287 e. The van der Waals surface area contributed by atoms with E-state index in [1.165, 1.54) is 6.07 Å². The number of carbonyl (C=O) groups excluding carboxylic acids is 2. The molecule has 0 bridgehead atoms. The number of furan rings is 2. The second kappa shape index (κ2) is 8.37. The summed E-state index contributed by atoms with van der Waals surface area (Å²) in [5.74, 6) is 0.692. The number of hydrogen-bond acceptors (Lipinski definition) is 4. The molecule has 0 saturated carbocycles. The SMILES string of the molecule is O=C(CNC(=O)c1ccc(Br)o1)NCc1ccc(-c2ccc(Br)cc2)o1. The molecule has 3 rings (SSSR count). The summed E-state index contributed by atoms with van der Waals surface area (Å²) >= 11 is 6.50. The van der Waals surface area contributed by atoms with Crippen LogP contribution in [0.4, 0.5) is 0 Å². The molecule has 0 aliphatic carbocycles. The van der Waals surface area contributed by atoms with E-state index < -0.39 is 5.91 Å². The molecule has 2 aromatic heterocycles. The third-order valence-electron chi connectivity index (χ3n) is 3.46. The lowest BCUT2D eigenvalue weighted by atomic mass is 10.2. The molecule has 0 fully saturated rings. The van der Waals surface area contributed by atoms with Crippen molar-refractivity contribution in [3.63, 3.8) is 0 Å². The molecule has 1 aromatic carbocycles. The first-order valence-electron chi connectivity index (χ1n) is 7.66. The van der Waals surface area contributed by atoms with E-state index in [9.17, 15) is 9.59 Å². The van der Waals surface area contributed by atoms with Gasteiger partial charge in [0.15, 0.2) is 10.4 Å². The van der Waals surface area contributed by atoms with E-state index >= 15 is 0 Å². The number of benzene rings is 1. The number of halogens is 2. The van der Waals surface area contributed by atoms with Crippen LogP contribution in [-0.4, -0.2) is 18.4 Å². The van der Waals surface area contributed by atoms with E-state index in [0.717, 1.165) is 15.8 Å². The van der Waals surface area contributed by atoms with Crippen molar-refractivity contribution < 1.29 is 18.4 Å². The van der Waals surface area contributed by atoms with Gasteiger partial charge in [-0.1, -0.05) is 28.1 Å². The van der Waals surface area contributed by atoms with Crippen molar-refractivity contribution >= 4 is 43.7 Å². The van der Waals surface area contributed by atoms with E-state index in [1.807, 2.05) is 30.3 Å². The first kappa shape index (κ1) is 18.5. The fourth-order valence-electron chi connectivity index (χ4n) is 2.17. The zero-order chi connectivity index (χ0) is 18.5. The standard InChI is InChI=1S/C18H14Br2N2O4/c19-12-3-1-11(2-4-12)14-6-5-13(25-14)9-21-17(23)10-22-18(24)15-7-8-16(20)26-15/h1-8H,9-10H2,(H,21,23)(H,22,24). The minimum Gasteiger partial charge on any atom is -0.459 e. The molecule has 0 atom stereocenters. The molecule has 0 aliphatic rings. The maximum absolute atomic E-state index is 11.9. The average molecular weight is 482 g/mol. The summed E-state index contributed by atoms with van der Waals surface area (Å²) in [5.41, 5.74) is 0.947. The fourth-order valence-corrected chi connectivity index (χ4v) is 2.75. The summed E-state index contributed by atoms with van der Waals surface area (Å²) in [4.78, 5) is 23.7. The van der Waals surface area contributed by atoms with E-state index in [-0.39, 0.29) is 24.8 Å². The molecule has 6 nitrogen and oxygen atoms in total. The van der Waals surface area contributed by atoms with Gasteiger partial charge < -0.3 is 19.5 Å². The van der Waals surface area contributed by atoms with Gasteiger partial charge in [-0.15, -0.1) is 0 Å².